The average Bonchev–Trinajstić information content (AvgIpc) is 2.39. The molecule has 1 amide bonds. The van der Waals surface area contributed by atoms with Crippen LogP contribution in [0.2, 0.25) is 0 Å². The Hall–Kier alpha value is -1.66. The molecule has 1 aromatic carbocycles. The van der Waals surface area contributed by atoms with Crippen LogP contribution in [0.25, 0.3) is 0 Å². The van der Waals surface area contributed by atoms with Crippen molar-refractivity contribution in [3.63, 3.8) is 0 Å². The first-order valence-electron chi connectivity index (χ1n) is 6.51. The maximum atomic E-state index is 13.1. The van der Waals surface area contributed by atoms with Gasteiger partial charge in [0.2, 0.25) is 5.91 Å². The molecule has 1 saturated heterocycles. The fraction of sp³-hybridized carbons (Fsp3) is 0.429. The summed E-state index contributed by atoms with van der Waals surface area (Å²) in [5, 5.41) is 8.63. The molecule has 1 N–H and O–H groups in total. The normalized spacial score (nSPS) is 15.7. The molecule has 1 aliphatic rings. The minimum atomic E-state index is -0.861. The molecular formula is C14H18ClFN2O3. The Balaban J connectivity index is 0.00000220. The Labute approximate surface area is 128 Å². The van der Waals surface area contributed by atoms with E-state index in [4.69, 9.17) is 5.11 Å². The molecule has 0 unspecified atom stereocenters. The van der Waals surface area contributed by atoms with Crippen molar-refractivity contribution in [2.24, 2.45) is 0 Å². The van der Waals surface area contributed by atoms with Gasteiger partial charge in [-0.3, -0.25) is 14.5 Å². The number of piperazine rings is 1. The zero-order valence-corrected chi connectivity index (χ0v) is 12.3. The van der Waals surface area contributed by atoms with Gasteiger partial charge in [-0.05, 0) is 17.7 Å². The first-order chi connectivity index (χ1) is 9.54. The van der Waals surface area contributed by atoms with Gasteiger partial charge < -0.3 is 10.0 Å². The second-order valence-corrected chi connectivity index (χ2v) is 4.87. The fourth-order valence-electron chi connectivity index (χ4n) is 2.22. The van der Waals surface area contributed by atoms with Crippen LogP contribution in [0.1, 0.15) is 12.0 Å². The molecule has 1 fully saturated rings. The predicted octanol–water partition coefficient (Wildman–Crippen LogP) is 1.37. The second kappa shape index (κ2) is 7.95. The Morgan fingerprint density at radius 3 is 2.71 bits per heavy atom. The number of halogens is 2. The van der Waals surface area contributed by atoms with Crippen molar-refractivity contribution in [1.82, 2.24) is 9.80 Å². The van der Waals surface area contributed by atoms with E-state index in [0.717, 1.165) is 5.56 Å². The van der Waals surface area contributed by atoms with Crippen molar-refractivity contribution < 1.29 is 19.1 Å². The molecule has 5 nitrogen and oxygen atoms in total. The molecular weight excluding hydrogens is 299 g/mol. The Morgan fingerprint density at radius 1 is 1.33 bits per heavy atom. The van der Waals surface area contributed by atoms with Gasteiger partial charge in [0.25, 0.3) is 0 Å². The lowest BCUT2D eigenvalue weighted by molar-refractivity contribution is -0.140. The highest BCUT2D eigenvalue weighted by atomic mass is 35.5. The molecule has 1 heterocycles. The summed E-state index contributed by atoms with van der Waals surface area (Å²) in [6.45, 7) is 2.18. The molecule has 0 aliphatic carbocycles. The van der Waals surface area contributed by atoms with Crippen molar-refractivity contribution in [3.05, 3.63) is 35.6 Å². The maximum absolute atomic E-state index is 13.1. The zero-order chi connectivity index (χ0) is 14.5. The third-order valence-corrected chi connectivity index (χ3v) is 3.30. The first kappa shape index (κ1) is 17.4. The number of carboxylic acids is 1. The average molecular weight is 317 g/mol. The largest absolute Gasteiger partial charge is 0.481 e. The van der Waals surface area contributed by atoms with Crippen LogP contribution < -0.4 is 0 Å². The van der Waals surface area contributed by atoms with Crippen LogP contribution in [0.3, 0.4) is 0 Å². The number of aliphatic carboxylic acids is 1. The van der Waals surface area contributed by atoms with Crippen LogP contribution >= 0.6 is 12.4 Å². The molecule has 0 aromatic heterocycles. The SMILES string of the molecule is Cl.O=C(O)CCN1CCN(Cc2cccc(F)c2)C(=O)C1. The molecule has 21 heavy (non-hydrogen) atoms. The molecule has 0 saturated carbocycles. The van der Waals surface area contributed by atoms with E-state index in [1.165, 1.54) is 12.1 Å². The Bertz CT molecular complexity index is 513. The summed E-state index contributed by atoms with van der Waals surface area (Å²) in [6, 6.07) is 6.20. The molecule has 116 valence electrons. The summed E-state index contributed by atoms with van der Waals surface area (Å²) in [6.07, 6.45) is 0.0389. The molecule has 1 aliphatic heterocycles. The summed E-state index contributed by atoms with van der Waals surface area (Å²) in [4.78, 5) is 26.0. The lowest BCUT2D eigenvalue weighted by atomic mass is 10.2. The molecule has 0 radical (unpaired) electrons. The Kier molecular flexibility index (Phi) is 6.58. The number of carbonyl (C=O) groups is 2. The van der Waals surface area contributed by atoms with E-state index in [2.05, 4.69) is 0 Å². The quantitative estimate of drug-likeness (QED) is 0.891. The van der Waals surface area contributed by atoms with Crippen molar-refractivity contribution in [2.75, 3.05) is 26.2 Å². The number of rotatable bonds is 5. The highest BCUT2D eigenvalue weighted by molar-refractivity contribution is 5.85. The second-order valence-electron chi connectivity index (χ2n) is 4.87. The van der Waals surface area contributed by atoms with E-state index in [9.17, 15) is 14.0 Å². The van der Waals surface area contributed by atoms with Crippen LogP contribution in [0.4, 0.5) is 4.39 Å². The summed E-state index contributed by atoms with van der Waals surface area (Å²) in [5.74, 6) is -1.22. The summed E-state index contributed by atoms with van der Waals surface area (Å²) in [5.41, 5.74) is 0.761. The van der Waals surface area contributed by atoms with E-state index < -0.39 is 5.97 Å². The molecule has 0 bridgehead atoms. The van der Waals surface area contributed by atoms with E-state index in [1.807, 2.05) is 4.90 Å². The topological polar surface area (TPSA) is 60.9 Å². The standard InChI is InChI=1S/C14H17FN2O3.ClH/c15-12-3-1-2-11(8-12)9-17-7-6-16(10-13(17)18)5-4-14(19)20;/h1-3,8H,4-7,9-10H2,(H,19,20);1H. The molecule has 0 spiro atoms. The van der Waals surface area contributed by atoms with E-state index in [0.29, 0.717) is 26.2 Å². The van der Waals surface area contributed by atoms with Crippen LogP contribution in [0.15, 0.2) is 24.3 Å². The van der Waals surface area contributed by atoms with E-state index in [1.54, 1.807) is 17.0 Å². The monoisotopic (exact) mass is 316 g/mol. The number of nitrogens with zero attached hydrogens (tertiary/aromatic N) is 2. The summed E-state index contributed by atoms with van der Waals surface area (Å²) >= 11 is 0. The number of hydrogen-bond donors (Lipinski definition) is 1. The van der Waals surface area contributed by atoms with Crippen molar-refractivity contribution in [2.45, 2.75) is 13.0 Å². The number of carbonyl (C=O) groups excluding carboxylic acids is 1. The predicted molar refractivity (Wildman–Crippen MR) is 77.8 cm³/mol. The van der Waals surface area contributed by atoms with Crippen molar-refractivity contribution >= 4 is 24.3 Å². The fourth-order valence-corrected chi connectivity index (χ4v) is 2.22. The number of carboxylic acid groups (broad SMARTS) is 1. The Morgan fingerprint density at radius 2 is 2.10 bits per heavy atom. The van der Waals surface area contributed by atoms with Crippen molar-refractivity contribution in [3.8, 4) is 0 Å². The minimum Gasteiger partial charge on any atom is -0.481 e. The van der Waals surface area contributed by atoms with E-state index in [-0.39, 0.29) is 37.1 Å². The number of amides is 1. The first-order valence-corrected chi connectivity index (χ1v) is 6.51. The van der Waals surface area contributed by atoms with Crippen LogP contribution in [-0.4, -0.2) is 53.0 Å². The molecule has 1 aromatic rings. The summed E-state index contributed by atoms with van der Waals surface area (Å²) in [7, 11) is 0. The highest BCUT2D eigenvalue weighted by Crippen LogP contribution is 2.11. The van der Waals surface area contributed by atoms with E-state index >= 15 is 0 Å². The molecule has 0 atom stereocenters. The van der Waals surface area contributed by atoms with Crippen LogP contribution in [0.5, 0.6) is 0 Å². The van der Waals surface area contributed by atoms with Gasteiger partial charge in [0, 0.05) is 26.2 Å². The van der Waals surface area contributed by atoms with Crippen LogP contribution in [-0.2, 0) is 16.1 Å². The molecule has 2 rings (SSSR count). The minimum absolute atomic E-state index is 0. The van der Waals surface area contributed by atoms with Gasteiger partial charge in [-0.2, -0.15) is 0 Å². The third kappa shape index (κ3) is 5.32. The van der Waals surface area contributed by atoms with Crippen LogP contribution in [0, 0.1) is 5.82 Å². The smallest absolute Gasteiger partial charge is 0.304 e. The maximum Gasteiger partial charge on any atom is 0.304 e. The lowest BCUT2D eigenvalue weighted by Crippen LogP contribution is -2.50. The highest BCUT2D eigenvalue weighted by Gasteiger charge is 2.24. The third-order valence-electron chi connectivity index (χ3n) is 3.30. The van der Waals surface area contributed by atoms with Gasteiger partial charge in [0.05, 0.1) is 13.0 Å². The van der Waals surface area contributed by atoms with Gasteiger partial charge >= 0.3 is 5.97 Å². The van der Waals surface area contributed by atoms with Gasteiger partial charge in [-0.1, -0.05) is 12.1 Å². The van der Waals surface area contributed by atoms with Crippen molar-refractivity contribution in [1.29, 1.82) is 0 Å². The summed E-state index contributed by atoms with van der Waals surface area (Å²) < 4.78 is 13.1. The lowest BCUT2D eigenvalue weighted by Gasteiger charge is -2.34. The van der Waals surface area contributed by atoms with Gasteiger partial charge in [-0.15, -0.1) is 12.4 Å². The van der Waals surface area contributed by atoms with Gasteiger partial charge in [0.15, 0.2) is 0 Å². The van der Waals surface area contributed by atoms with Gasteiger partial charge in [0.1, 0.15) is 5.82 Å². The number of benzene rings is 1. The molecule has 7 heteroatoms. The van der Waals surface area contributed by atoms with Gasteiger partial charge in [-0.25, -0.2) is 4.39 Å². The zero-order valence-electron chi connectivity index (χ0n) is 11.5. The number of hydrogen-bond acceptors (Lipinski definition) is 3.